The predicted molar refractivity (Wildman–Crippen MR) is 128 cm³/mol. The highest BCUT2D eigenvalue weighted by atomic mass is 16.6. The molecule has 0 heterocycles. The molecule has 192 valence electrons. The van der Waals surface area contributed by atoms with Crippen molar-refractivity contribution in [3.8, 4) is 5.75 Å². The lowest BCUT2D eigenvalue weighted by atomic mass is 9.58. The number of ketones is 2. The van der Waals surface area contributed by atoms with Gasteiger partial charge in [-0.3, -0.25) is 19.3 Å². The third kappa shape index (κ3) is 3.41. The normalized spacial score (nSPS) is 28.2. The minimum Gasteiger partial charge on any atom is -0.510 e. The molecule has 0 bridgehead atoms. The highest BCUT2D eigenvalue weighted by Gasteiger charge is 2.63. The van der Waals surface area contributed by atoms with E-state index in [-0.39, 0.29) is 29.7 Å². The molecule has 36 heavy (non-hydrogen) atoms. The van der Waals surface area contributed by atoms with E-state index in [2.05, 4.69) is 5.16 Å². The van der Waals surface area contributed by atoms with Gasteiger partial charge in [-0.2, -0.15) is 0 Å². The van der Waals surface area contributed by atoms with E-state index in [1.807, 2.05) is 0 Å². The molecule has 3 aliphatic rings. The van der Waals surface area contributed by atoms with Gasteiger partial charge in [0.25, 0.3) is 5.91 Å². The molecule has 6 N–H and O–H groups in total. The first-order chi connectivity index (χ1) is 16.9. The molecule has 0 aliphatic heterocycles. The second-order valence-electron chi connectivity index (χ2n) is 9.54. The summed E-state index contributed by atoms with van der Waals surface area (Å²) in [5.74, 6) is -6.84. The van der Waals surface area contributed by atoms with E-state index in [0.717, 1.165) is 0 Å². The number of oxime groups is 1. The van der Waals surface area contributed by atoms with E-state index in [1.54, 1.807) is 34.0 Å². The fraction of sp³-hybridized carbons (Fsp3) is 0.440. The van der Waals surface area contributed by atoms with E-state index in [1.165, 1.54) is 11.0 Å². The Bertz CT molecular complexity index is 1280. The van der Waals surface area contributed by atoms with Crippen LogP contribution in [-0.4, -0.2) is 80.9 Å². The molecule has 0 saturated heterocycles. The van der Waals surface area contributed by atoms with Gasteiger partial charge < -0.3 is 31.0 Å². The quantitative estimate of drug-likeness (QED) is 0.223. The molecule has 0 spiro atoms. The molecule has 1 aromatic carbocycles. The van der Waals surface area contributed by atoms with Gasteiger partial charge in [0, 0.05) is 17.1 Å². The average Bonchev–Trinajstić information content (AvgIpc) is 2.79. The van der Waals surface area contributed by atoms with Crippen LogP contribution in [0.25, 0.3) is 0 Å². The molecule has 0 aromatic heterocycles. The Labute approximate surface area is 207 Å². The van der Waals surface area contributed by atoms with E-state index in [4.69, 9.17) is 10.6 Å². The number of nitrogens with two attached hydrogens (primary N) is 1. The zero-order valence-electron chi connectivity index (χ0n) is 20.4. The van der Waals surface area contributed by atoms with Crippen LogP contribution in [0.2, 0.25) is 0 Å². The molecule has 11 heteroatoms. The molecular formula is C25H29N3O8. The number of benzene rings is 1. The van der Waals surface area contributed by atoms with E-state index in [0.29, 0.717) is 23.4 Å². The number of aromatic hydroxyl groups is 1. The maximum atomic E-state index is 13.7. The molecule has 11 nitrogen and oxygen atoms in total. The van der Waals surface area contributed by atoms with E-state index in [9.17, 15) is 34.8 Å². The van der Waals surface area contributed by atoms with Gasteiger partial charge in [-0.15, -0.1) is 0 Å². The molecular weight excluding hydrogens is 470 g/mol. The summed E-state index contributed by atoms with van der Waals surface area (Å²) in [4.78, 5) is 45.6. The number of likely N-dealkylation sites (N-methyl/N-ethyl adjacent to an activating group) is 1. The minimum absolute atomic E-state index is 0.0164. The number of phenolic OH excluding ortho intramolecular Hbond substituents is 1. The summed E-state index contributed by atoms with van der Waals surface area (Å²) < 4.78 is 0. The Morgan fingerprint density at radius 3 is 2.50 bits per heavy atom. The van der Waals surface area contributed by atoms with Crippen molar-refractivity contribution in [2.24, 2.45) is 22.7 Å². The number of amides is 1. The number of primary amides is 1. The van der Waals surface area contributed by atoms with Crippen LogP contribution in [0.4, 0.5) is 0 Å². The summed E-state index contributed by atoms with van der Waals surface area (Å²) in [5, 5.41) is 48.3. The number of nitrogens with zero attached hydrogens (tertiary/aromatic N) is 2. The molecule has 0 radical (unpaired) electrons. The van der Waals surface area contributed by atoms with Crippen LogP contribution in [0.15, 0.2) is 40.0 Å². The number of fused-ring (bicyclic) bond motifs is 3. The Kier molecular flexibility index (Phi) is 6.17. The summed E-state index contributed by atoms with van der Waals surface area (Å²) >= 11 is 0. The molecule has 3 aliphatic carbocycles. The molecule has 0 unspecified atom stereocenters. The average molecular weight is 500 g/mol. The maximum absolute atomic E-state index is 13.7. The molecule has 1 aromatic rings. The lowest BCUT2D eigenvalue weighted by Gasteiger charge is -2.50. The molecule has 4 atom stereocenters. The first kappa shape index (κ1) is 25.4. The second kappa shape index (κ2) is 8.75. The largest absolute Gasteiger partial charge is 0.510 e. The van der Waals surface area contributed by atoms with Crippen molar-refractivity contribution in [3.63, 3.8) is 0 Å². The third-order valence-electron chi connectivity index (χ3n) is 7.33. The van der Waals surface area contributed by atoms with E-state index >= 15 is 0 Å². The van der Waals surface area contributed by atoms with Gasteiger partial charge in [0.05, 0.1) is 17.3 Å². The Hall–Kier alpha value is -3.70. The molecule has 1 amide bonds. The van der Waals surface area contributed by atoms with Crippen molar-refractivity contribution < 1.29 is 39.6 Å². The number of rotatable bonds is 5. The number of hydrogen-bond acceptors (Lipinski definition) is 10. The van der Waals surface area contributed by atoms with Crippen LogP contribution in [0.5, 0.6) is 5.75 Å². The zero-order valence-corrected chi connectivity index (χ0v) is 20.4. The maximum Gasteiger partial charge on any atom is 0.255 e. The minimum atomic E-state index is -2.66. The number of carbonyl (C=O) groups is 3. The highest BCUT2D eigenvalue weighted by molar-refractivity contribution is 6.25. The van der Waals surface area contributed by atoms with Crippen LogP contribution in [0, 0.1) is 11.8 Å². The fourth-order valence-electron chi connectivity index (χ4n) is 5.80. The van der Waals surface area contributed by atoms with Crippen molar-refractivity contribution in [2.45, 2.75) is 38.3 Å². The zero-order chi connectivity index (χ0) is 26.7. The van der Waals surface area contributed by atoms with Gasteiger partial charge in [0.2, 0.25) is 5.78 Å². The number of phenols is 1. The molecule has 4 rings (SSSR count). The summed E-state index contributed by atoms with van der Waals surface area (Å²) in [6, 6.07) is 1.91. The van der Waals surface area contributed by atoms with Gasteiger partial charge in [0.1, 0.15) is 29.4 Å². The van der Waals surface area contributed by atoms with Gasteiger partial charge in [0.15, 0.2) is 11.4 Å². The summed E-state index contributed by atoms with van der Waals surface area (Å²) in [6.45, 7) is 3.81. The lowest BCUT2D eigenvalue weighted by molar-refractivity contribution is -0.148. The SMILES string of the molecule is CCO/N=C(/C)c1ccc(O)c2c1C[C@H]1C[C@H]3[C@H](N(C)C)C(O)=C(C(N)=O)C(=O)[C@@]3(O)C(O)=C1C2=O. The van der Waals surface area contributed by atoms with Gasteiger partial charge in [-0.25, -0.2) is 0 Å². The van der Waals surface area contributed by atoms with Crippen LogP contribution in [0.1, 0.15) is 41.8 Å². The number of carbonyl (C=O) groups excluding carboxylic acids is 3. The van der Waals surface area contributed by atoms with Crippen LogP contribution >= 0.6 is 0 Å². The smallest absolute Gasteiger partial charge is 0.255 e. The predicted octanol–water partition coefficient (Wildman–Crippen LogP) is 0.881. The second-order valence-corrected chi connectivity index (χ2v) is 9.54. The van der Waals surface area contributed by atoms with Crippen LogP contribution in [-0.2, 0) is 20.8 Å². The van der Waals surface area contributed by atoms with Crippen molar-refractivity contribution >= 4 is 23.2 Å². The van der Waals surface area contributed by atoms with Crippen molar-refractivity contribution in [1.82, 2.24) is 4.90 Å². The monoisotopic (exact) mass is 499 g/mol. The Balaban J connectivity index is 1.94. The number of hydrogen-bond donors (Lipinski definition) is 5. The van der Waals surface area contributed by atoms with Gasteiger partial charge >= 0.3 is 0 Å². The first-order valence-electron chi connectivity index (χ1n) is 11.5. The summed E-state index contributed by atoms with van der Waals surface area (Å²) in [6.07, 6.45) is 0.194. The van der Waals surface area contributed by atoms with Crippen molar-refractivity contribution in [3.05, 3.63) is 51.5 Å². The standard InChI is InChI=1S/C25H29N3O8/c1-5-36-27-10(2)12-6-7-15(29)17-13(12)8-11-9-14-19(28(3)4)21(31)18(24(26)34)23(33)25(14,35)22(32)16(11)20(17)30/h6-7,11,14,19,29,31-32,35H,5,8-9H2,1-4H3,(H2,26,34)/b27-10-/t11-,14-,19-,25-/m0/s1. The van der Waals surface area contributed by atoms with Crippen LogP contribution in [0.3, 0.4) is 0 Å². The summed E-state index contributed by atoms with van der Waals surface area (Å²) in [7, 11) is 3.16. The van der Waals surface area contributed by atoms with Crippen molar-refractivity contribution in [1.29, 1.82) is 0 Å². The number of aliphatic hydroxyl groups excluding tert-OH is 2. The van der Waals surface area contributed by atoms with Crippen molar-refractivity contribution in [2.75, 3.05) is 20.7 Å². The van der Waals surface area contributed by atoms with Gasteiger partial charge in [-0.05, 0) is 64.4 Å². The van der Waals surface area contributed by atoms with Crippen LogP contribution < -0.4 is 5.73 Å². The molecule has 0 saturated carbocycles. The third-order valence-corrected chi connectivity index (χ3v) is 7.33. The fourth-order valence-corrected chi connectivity index (χ4v) is 5.80. The first-order valence-corrected chi connectivity index (χ1v) is 11.5. The van der Waals surface area contributed by atoms with Gasteiger partial charge in [-0.1, -0.05) is 5.16 Å². The van der Waals surface area contributed by atoms with E-state index < -0.39 is 58.0 Å². The summed E-state index contributed by atoms with van der Waals surface area (Å²) in [5.41, 5.74) is 3.11. The topological polar surface area (TPSA) is 183 Å². The highest BCUT2D eigenvalue weighted by Crippen LogP contribution is 2.52. The Morgan fingerprint density at radius 1 is 1.25 bits per heavy atom. The molecule has 0 fully saturated rings. The number of Topliss-reactive ketones (excluding diaryl/α,β-unsaturated/α-hetero) is 2. The Morgan fingerprint density at radius 2 is 1.92 bits per heavy atom. The lowest BCUT2D eigenvalue weighted by Crippen LogP contribution is -2.63. The number of allylic oxidation sites excluding steroid dienone is 1. The number of aliphatic hydroxyl groups is 3.